The Morgan fingerprint density at radius 2 is 1.80 bits per heavy atom. The van der Waals surface area contributed by atoms with E-state index < -0.39 is 0 Å². The van der Waals surface area contributed by atoms with Gasteiger partial charge in [-0.2, -0.15) is 0 Å². The van der Waals surface area contributed by atoms with Gasteiger partial charge < -0.3 is 20.5 Å². The molecule has 96 valence electrons. The van der Waals surface area contributed by atoms with Crippen LogP contribution in [0.4, 0.5) is 0 Å². The summed E-state index contributed by atoms with van der Waals surface area (Å²) in [5.74, 6) is 0. The molecule has 0 aliphatic carbocycles. The van der Waals surface area contributed by atoms with E-state index in [1.807, 2.05) is 6.29 Å². The summed E-state index contributed by atoms with van der Waals surface area (Å²) in [4.78, 5) is 12.0. The normalized spacial score (nSPS) is 8.53. The molecule has 0 atom stereocenters. The van der Waals surface area contributed by atoms with E-state index in [0.29, 0.717) is 13.0 Å². The zero-order chi connectivity index (χ0) is 12.5. The van der Waals surface area contributed by atoms with Gasteiger partial charge in [0.05, 0.1) is 6.61 Å². The molecule has 0 unspecified atom stereocenters. The Labute approximate surface area is 108 Å². The molecule has 0 fully saturated rings. The number of aliphatic hydroxyl groups excluding tert-OH is 1. The molecule has 0 rings (SSSR count). The van der Waals surface area contributed by atoms with Gasteiger partial charge in [0, 0.05) is 6.54 Å². The second-order valence-electron chi connectivity index (χ2n) is 2.43. The molecule has 15 heavy (non-hydrogen) atoms. The zero-order valence-corrected chi connectivity index (χ0v) is 11.6. The van der Waals surface area contributed by atoms with Crippen LogP contribution in [-0.4, -0.2) is 49.1 Å². The molecule has 0 saturated heterocycles. The first-order valence-corrected chi connectivity index (χ1v) is 6.77. The number of hydrogen-bond donors (Lipinski definition) is 2. The third-order valence-corrected chi connectivity index (χ3v) is 1.55. The van der Waals surface area contributed by atoms with Crippen molar-refractivity contribution in [1.29, 1.82) is 0 Å². The molecule has 0 spiro atoms. The molecule has 0 amide bonds. The summed E-state index contributed by atoms with van der Waals surface area (Å²) in [5.41, 5.74) is 4.78. The Bertz CT molecular complexity index is 104. The first kappa shape index (κ1) is 20.9. The predicted molar refractivity (Wildman–Crippen MR) is 60.1 cm³/mol. The van der Waals surface area contributed by atoms with Crippen molar-refractivity contribution in [1.82, 2.24) is 4.90 Å². The van der Waals surface area contributed by atoms with Crippen molar-refractivity contribution in [2.45, 2.75) is 20.3 Å². The Hall–Kier alpha value is 0.502. The summed E-state index contributed by atoms with van der Waals surface area (Å²) in [6, 6.07) is 0. The van der Waals surface area contributed by atoms with Crippen LogP contribution in [0.25, 0.3) is 0 Å². The van der Waals surface area contributed by atoms with Crippen LogP contribution in [0.2, 0.25) is 0 Å². The fourth-order valence-corrected chi connectivity index (χ4v) is 0.744. The maximum absolute atomic E-state index is 9.79. The molecular formula is C9H21ClN2O2Pd. The van der Waals surface area contributed by atoms with E-state index in [1.165, 1.54) is 0 Å². The van der Waals surface area contributed by atoms with E-state index in [4.69, 9.17) is 10.8 Å². The number of hydrogen-bond acceptors (Lipinski definition) is 4. The minimum atomic E-state index is 0.0972. The number of halogens is 1. The van der Waals surface area contributed by atoms with E-state index >= 15 is 0 Å². The second-order valence-corrected chi connectivity index (χ2v) is 2.43. The fourth-order valence-electron chi connectivity index (χ4n) is 0.744. The van der Waals surface area contributed by atoms with Crippen molar-refractivity contribution in [2.24, 2.45) is 5.73 Å². The zero-order valence-electron chi connectivity index (χ0n) is 9.32. The first-order valence-electron chi connectivity index (χ1n) is 4.76. The molecule has 0 aliphatic rings. The third-order valence-electron chi connectivity index (χ3n) is 1.55. The van der Waals surface area contributed by atoms with Crippen molar-refractivity contribution >= 4 is 15.8 Å². The molecule has 6 heteroatoms. The van der Waals surface area contributed by atoms with Crippen LogP contribution in [-0.2, 0) is 23.0 Å². The number of rotatable bonds is 6. The van der Waals surface area contributed by atoms with Gasteiger partial charge in [-0.15, -0.1) is 6.42 Å². The molecule has 0 radical (unpaired) electrons. The molecule has 4 nitrogen and oxygen atoms in total. The van der Waals surface area contributed by atoms with E-state index in [9.17, 15) is 4.79 Å². The van der Waals surface area contributed by atoms with Crippen molar-refractivity contribution in [3.8, 4) is 0 Å². The number of aliphatic hydroxyl groups is 1. The summed E-state index contributed by atoms with van der Waals surface area (Å²) in [6.07, 6.45) is 2.42. The topological polar surface area (TPSA) is 66.6 Å². The molecule has 0 aliphatic heterocycles. The number of nitrogens with zero attached hydrogens (tertiary/aromatic N) is 1. The van der Waals surface area contributed by atoms with Crippen LogP contribution in [0.5, 0.6) is 0 Å². The maximum atomic E-state index is 9.79. The summed E-state index contributed by atoms with van der Waals surface area (Å²) in [6.45, 7) is 7.56. The van der Waals surface area contributed by atoms with Gasteiger partial charge in [-0.3, -0.25) is 6.29 Å². The average molecular weight is 331 g/mol. The monoisotopic (exact) mass is 330 g/mol. The van der Waals surface area contributed by atoms with Gasteiger partial charge in [-0.05, 0) is 19.6 Å². The predicted octanol–water partition coefficient (Wildman–Crippen LogP) is 0.452. The molecule has 0 heterocycles. The van der Waals surface area contributed by atoms with Crippen molar-refractivity contribution < 1.29 is 28.1 Å². The van der Waals surface area contributed by atoms with Gasteiger partial charge in [-0.25, -0.2) is 0 Å². The molecule has 3 N–H and O–H groups in total. The molecule has 0 aromatic rings. The number of nitrogens with two attached hydrogens (primary N) is 1. The number of carbonyl (C=O) groups excluding carboxylic acids is 1. The Balaban J connectivity index is -0.000000202. The van der Waals surface area contributed by atoms with E-state index in [-0.39, 0.29) is 6.61 Å². The summed E-state index contributed by atoms with van der Waals surface area (Å²) < 4.78 is 0. The SMILES string of the molecule is CCN(CC)CC[C-]=O.NCCO.[Cl][Pd+]. The van der Waals surface area contributed by atoms with Gasteiger partial charge in [-0.1, -0.05) is 13.8 Å². The van der Waals surface area contributed by atoms with Gasteiger partial charge >= 0.3 is 27.7 Å². The molecule has 0 saturated carbocycles. The van der Waals surface area contributed by atoms with Crippen LogP contribution in [0, 0.1) is 0 Å². The summed E-state index contributed by atoms with van der Waals surface area (Å²) in [5, 5.41) is 7.75. The van der Waals surface area contributed by atoms with Crippen LogP contribution in [0.1, 0.15) is 20.3 Å². The van der Waals surface area contributed by atoms with Gasteiger partial charge in [0.1, 0.15) is 0 Å². The van der Waals surface area contributed by atoms with Crippen LogP contribution < -0.4 is 5.73 Å². The minimum absolute atomic E-state index is 0.0972. The van der Waals surface area contributed by atoms with Gasteiger partial charge in [0.25, 0.3) is 0 Å². The first-order chi connectivity index (χ1) is 7.26. The van der Waals surface area contributed by atoms with Crippen LogP contribution in [0.3, 0.4) is 0 Å². The molecule has 0 aromatic heterocycles. The van der Waals surface area contributed by atoms with Crippen molar-refractivity contribution in [3.05, 3.63) is 0 Å². The second kappa shape index (κ2) is 24.0. The van der Waals surface area contributed by atoms with E-state index in [1.54, 1.807) is 0 Å². The van der Waals surface area contributed by atoms with E-state index in [0.717, 1.165) is 19.6 Å². The third kappa shape index (κ3) is 25.1. The molecule has 0 bridgehead atoms. The van der Waals surface area contributed by atoms with Crippen molar-refractivity contribution in [3.63, 3.8) is 0 Å². The fraction of sp³-hybridized carbons (Fsp3) is 0.889. The van der Waals surface area contributed by atoms with Gasteiger partial charge in [0.15, 0.2) is 0 Å². The molecular weight excluding hydrogens is 310 g/mol. The van der Waals surface area contributed by atoms with Crippen molar-refractivity contribution in [2.75, 3.05) is 32.8 Å². The van der Waals surface area contributed by atoms with Crippen LogP contribution in [0.15, 0.2) is 0 Å². The molecule has 0 aromatic carbocycles. The Kier molecular flexibility index (Phi) is 33.3. The Morgan fingerprint density at radius 1 is 1.40 bits per heavy atom. The Morgan fingerprint density at radius 3 is 2.00 bits per heavy atom. The van der Waals surface area contributed by atoms with Crippen LogP contribution >= 0.6 is 9.53 Å². The quantitative estimate of drug-likeness (QED) is 0.548. The summed E-state index contributed by atoms with van der Waals surface area (Å²) >= 11 is 2.22. The van der Waals surface area contributed by atoms with E-state index in [2.05, 4.69) is 46.5 Å². The summed E-state index contributed by atoms with van der Waals surface area (Å²) in [7, 11) is 4.49. The standard InChI is InChI=1S/C7H14NO.C2H7NO.ClH.Pd/c1-3-8(4-2)6-5-7-9;3-1-2-4;;/h3-6H2,1-2H3;4H,1-3H2;1H;/q-1;;;+2/p-1. The van der Waals surface area contributed by atoms with Gasteiger partial charge in [0.2, 0.25) is 0 Å². The average Bonchev–Trinajstić information content (AvgIpc) is 2.33.